The maximum atomic E-state index is 12.2. The number of ether oxygens (including phenoxy) is 1. The van der Waals surface area contributed by atoms with Gasteiger partial charge < -0.3 is 4.74 Å². The monoisotopic (exact) mass is 233 g/mol. The molecule has 0 aromatic heterocycles. The smallest absolute Gasteiger partial charge is 0.322 e. The molecule has 0 bridgehead atoms. The molecule has 1 rings (SSSR count). The average Bonchev–Trinajstić information content (AvgIpc) is 2.39. The minimum absolute atomic E-state index is 0.291. The van der Waals surface area contributed by atoms with Gasteiger partial charge in [-0.1, -0.05) is 30.3 Å². The number of aliphatic imine (C=N–C) groups is 1. The highest BCUT2D eigenvalue weighted by molar-refractivity contribution is 6.23. The predicted molar refractivity (Wildman–Crippen MR) is 65.3 cm³/mol. The SMILES string of the molecule is C/N=C(\C)C(C(=O)OC)C(=O)c1ccccc1. The van der Waals surface area contributed by atoms with Crippen LogP contribution in [0, 0.1) is 5.92 Å². The Morgan fingerprint density at radius 3 is 2.29 bits per heavy atom. The summed E-state index contributed by atoms with van der Waals surface area (Å²) in [5.41, 5.74) is 0.927. The van der Waals surface area contributed by atoms with Gasteiger partial charge in [-0.2, -0.15) is 0 Å². The summed E-state index contributed by atoms with van der Waals surface area (Å²) in [7, 11) is 2.81. The number of rotatable bonds is 4. The number of carbonyl (C=O) groups excluding carboxylic acids is 2. The maximum Gasteiger partial charge on any atom is 0.322 e. The van der Waals surface area contributed by atoms with Crippen LogP contribution in [0.3, 0.4) is 0 Å². The van der Waals surface area contributed by atoms with E-state index in [9.17, 15) is 9.59 Å². The standard InChI is InChI=1S/C13H15NO3/c1-9(14-2)11(13(16)17-3)12(15)10-7-5-4-6-8-10/h4-8,11H,1-3H3/b14-9+. The van der Waals surface area contributed by atoms with Crippen molar-refractivity contribution in [1.82, 2.24) is 0 Å². The molecule has 0 saturated heterocycles. The van der Waals surface area contributed by atoms with Crippen molar-refractivity contribution in [3.8, 4) is 0 Å². The molecule has 17 heavy (non-hydrogen) atoms. The third-order valence-electron chi connectivity index (χ3n) is 2.53. The Balaban J connectivity index is 3.08. The van der Waals surface area contributed by atoms with Crippen LogP contribution in [0.1, 0.15) is 17.3 Å². The van der Waals surface area contributed by atoms with Crippen molar-refractivity contribution in [3.05, 3.63) is 35.9 Å². The normalized spacial score (nSPS) is 13.0. The summed E-state index contributed by atoms with van der Waals surface area (Å²) in [6.45, 7) is 1.64. The molecule has 0 N–H and O–H groups in total. The summed E-state index contributed by atoms with van der Waals surface area (Å²) in [4.78, 5) is 27.7. The predicted octanol–water partition coefficient (Wildman–Crippen LogP) is 1.75. The van der Waals surface area contributed by atoms with Gasteiger partial charge in [0.15, 0.2) is 11.7 Å². The number of ketones is 1. The number of nitrogens with zero attached hydrogens (tertiary/aromatic N) is 1. The van der Waals surface area contributed by atoms with Crippen LogP contribution in [0.15, 0.2) is 35.3 Å². The van der Waals surface area contributed by atoms with Crippen molar-refractivity contribution >= 4 is 17.5 Å². The minimum atomic E-state index is -0.951. The largest absolute Gasteiger partial charge is 0.468 e. The summed E-state index contributed by atoms with van der Waals surface area (Å²) in [5.74, 6) is -1.82. The molecule has 4 nitrogen and oxygen atoms in total. The molecule has 0 aliphatic carbocycles. The number of esters is 1. The molecular formula is C13H15NO3. The Morgan fingerprint density at radius 2 is 1.82 bits per heavy atom. The van der Waals surface area contributed by atoms with Gasteiger partial charge in [-0.05, 0) is 6.92 Å². The van der Waals surface area contributed by atoms with Gasteiger partial charge in [-0.25, -0.2) is 0 Å². The lowest BCUT2D eigenvalue weighted by atomic mass is 9.94. The van der Waals surface area contributed by atoms with E-state index in [2.05, 4.69) is 9.73 Å². The first-order valence-corrected chi connectivity index (χ1v) is 5.22. The molecule has 1 atom stereocenters. The van der Waals surface area contributed by atoms with Crippen molar-refractivity contribution < 1.29 is 14.3 Å². The minimum Gasteiger partial charge on any atom is -0.468 e. The Bertz CT molecular complexity index is 437. The van der Waals surface area contributed by atoms with Gasteiger partial charge in [0.25, 0.3) is 0 Å². The van der Waals surface area contributed by atoms with E-state index in [1.165, 1.54) is 7.11 Å². The van der Waals surface area contributed by atoms with Crippen molar-refractivity contribution in [2.75, 3.05) is 14.2 Å². The summed E-state index contributed by atoms with van der Waals surface area (Å²) >= 11 is 0. The van der Waals surface area contributed by atoms with Gasteiger partial charge in [0.1, 0.15) is 0 Å². The quantitative estimate of drug-likeness (QED) is 0.344. The Kier molecular flexibility index (Phi) is 4.57. The first-order valence-electron chi connectivity index (χ1n) is 5.22. The molecule has 0 fully saturated rings. The van der Waals surface area contributed by atoms with Gasteiger partial charge in [0.2, 0.25) is 0 Å². The van der Waals surface area contributed by atoms with Crippen LogP contribution in [-0.4, -0.2) is 31.6 Å². The van der Waals surface area contributed by atoms with E-state index in [4.69, 9.17) is 0 Å². The lowest BCUT2D eigenvalue weighted by Gasteiger charge is -2.13. The zero-order chi connectivity index (χ0) is 12.8. The molecule has 0 heterocycles. The Labute approximate surface area is 100 Å². The lowest BCUT2D eigenvalue weighted by molar-refractivity contribution is -0.141. The van der Waals surface area contributed by atoms with Gasteiger partial charge in [-0.15, -0.1) is 0 Å². The average molecular weight is 233 g/mol. The van der Waals surface area contributed by atoms with Gasteiger partial charge in [-0.3, -0.25) is 14.6 Å². The fourth-order valence-corrected chi connectivity index (χ4v) is 1.48. The second kappa shape index (κ2) is 5.94. The fraction of sp³-hybridized carbons (Fsp3) is 0.308. The number of carbonyl (C=O) groups is 2. The molecule has 0 radical (unpaired) electrons. The van der Waals surface area contributed by atoms with Crippen molar-refractivity contribution in [2.45, 2.75) is 6.92 Å². The molecule has 1 aromatic rings. The molecular weight excluding hydrogens is 218 g/mol. The van der Waals surface area contributed by atoms with Crippen molar-refractivity contribution in [2.24, 2.45) is 10.9 Å². The molecule has 1 aromatic carbocycles. The Morgan fingerprint density at radius 1 is 1.24 bits per heavy atom. The highest BCUT2D eigenvalue weighted by Crippen LogP contribution is 2.12. The number of Topliss-reactive ketones (excluding diaryl/α,β-unsaturated/α-hetero) is 1. The molecule has 0 spiro atoms. The lowest BCUT2D eigenvalue weighted by Crippen LogP contribution is -2.31. The number of methoxy groups -OCH3 is 1. The number of hydrogen-bond donors (Lipinski definition) is 0. The highest BCUT2D eigenvalue weighted by Gasteiger charge is 2.30. The maximum absolute atomic E-state index is 12.2. The van der Waals surface area contributed by atoms with Crippen LogP contribution >= 0.6 is 0 Å². The van der Waals surface area contributed by atoms with E-state index >= 15 is 0 Å². The Hall–Kier alpha value is -1.97. The molecule has 4 heteroatoms. The molecule has 0 saturated carbocycles. The summed E-state index contributed by atoms with van der Waals surface area (Å²) in [6, 6.07) is 8.65. The third kappa shape index (κ3) is 3.00. The molecule has 0 aliphatic rings. The number of benzene rings is 1. The molecule has 1 unspecified atom stereocenters. The van der Waals surface area contributed by atoms with Gasteiger partial charge in [0, 0.05) is 18.3 Å². The van der Waals surface area contributed by atoms with Gasteiger partial charge in [0.05, 0.1) is 7.11 Å². The molecule has 0 aliphatic heterocycles. The van der Waals surface area contributed by atoms with Gasteiger partial charge >= 0.3 is 5.97 Å². The van der Waals surface area contributed by atoms with Crippen LogP contribution in [0.25, 0.3) is 0 Å². The van der Waals surface area contributed by atoms with Crippen molar-refractivity contribution in [1.29, 1.82) is 0 Å². The van der Waals surface area contributed by atoms with E-state index in [0.29, 0.717) is 11.3 Å². The first-order chi connectivity index (χ1) is 8.11. The summed E-state index contributed by atoms with van der Waals surface area (Å²) in [6.07, 6.45) is 0. The van der Waals surface area contributed by atoms with E-state index in [1.54, 1.807) is 38.2 Å². The van der Waals surface area contributed by atoms with Crippen LogP contribution in [0.4, 0.5) is 0 Å². The molecule has 90 valence electrons. The first kappa shape index (κ1) is 13.1. The van der Waals surface area contributed by atoms with Crippen LogP contribution in [0.5, 0.6) is 0 Å². The zero-order valence-corrected chi connectivity index (χ0v) is 10.1. The van der Waals surface area contributed by atoms with E-state index in [1.807, 2.05) is 6.07 Å². The van der Waals surface area contributed by atoms with Crippen LogP contribution < -0.4 is 0 Å². The second-order valence-corrected chi connectivity index (χ2v) is 3.55. The van der Waals surface area contributed by atoms with E-state index < -0.39 is 11.9 Å². The van der Waals surface area contributed by atoms with E-state index in [-0.39, 0.29) is 5.78 Å². The second-order valence-electron chi connectivity index (χ2n) is 3.55. The summed E-state index contributed by atoms with van der Waals surface area (Å²) in [5, 5.41) is 0. The fourth-order valence-electron chi connectivity index (χ4n) is 1.48. The third-order valence-corrected chi connectivity index (χ3v) is 2.53. The van der Waals surface area contributed by atoms with E-state index in [0.717, 1.165) is 0 Å². The molecule has 0 amide bonds. The summed E-state index contributed by atoms with van der Waals surface area (Å²) < 4.78 is 4.64. The van der Waals surface area contributed by atoms with Crippen molar-refractivity contribution in [3.63, 3.8) is 0 Å². The number of hydrogen-bond acceptors (Lipinski definition) is 4. The zero-order valence-electron chi connectivity index (χ0n) is 10.1. The van der Waals surface area contributed by atoms with Crippen LogP contribution in [-0.2, 0) is 9.53 Å². The highest BCUT2D eigenvalue weighted by atomic mass is 16.5. The topological polar surface area (TPSA) is 55.7 Å². The van der Waals surface area contributed by atoms with Crippen LogP contribution in [0.2, 0.25) is 0 Å².